The van der Waals surface area contributed by atoms with Gasteiger partial charge in [-0.1, -0.05) is 12.1 Å². The summed E-state index contributed by atoms with van der Waals surface area (Å²) in [6, 6.07) is 6.87. The lowest BCUT2D eigenvalue weighted by Crippen LogP contribution is -2.51. The predicted octanol–water partition coefficient (Wildman–Crippen LogP) is 1.26. The maximum Gasteiger partial charge on any atom is 0.216 e. The Labute approximate surface area is 114 Å². The van der Waals surface area contributed by atoms with Crippen molar-refractivity contribution in [2.24, 2.45) is 0 Å². The van der Waals surface area contributed by atoms with Crippen LogP contribution in [0, 0.1) is 0 Å². The molecule has 1 heterocycles. The van der Waals surface area contributed by atoms with Gasteiger partial charge in [-0.2, -0.15) is 0 Å². The number of hydrogen-bond donors (Lipinski definition) is 2. The zero-order chi connectivity index (χ0) is 13.9. The van der Waals surface area contributed by atoms with E-state index in [0.29, 0.717) is 18.9 Å². The SMILES string of the molecule is CC1(NS(=O)(=O)Cc2ccc(N)cc2)CCCOC1. The first-order chi connectivity index (χ1) is 8.89. The zero-order valence-electron chi connectivity index (χ0n) is 11.1. The van der Waals surface area contributed by atoms with Gasteiger partial charge in [0.1, 0.15) is 0 Å². The van der Waals surface area contributed by atoms with Gasteiger partial charge in [0.2, 0.25) is 10.0 Å². The first-order valence-corrected chi connectivity index (χ1v) is 7.98. The Bertz CT molecular complexity index is 519. The van der Waals surface area contributed by atoms with E-state index in [4.69, 9.17) is 10.5 Å². The van der Waals surface area contributed by atoms with E-state index in [-0.39, 0.29) is 5.75 Å². The third kappa shape index (κ3) is 4.19. The molecular formula is C13H20N2O3S. The first kappa shape index (κ1) is 14.3. The Morgan fingerprint density at radius 3 is 2.63 bits per heavy atom. The molecule has 106 valence electrons. The van der Waals surface area contributed by atoms with Crippen LogP contribution in [0.3, 0.4) is 0 Å². The number of anilines is 1. The van der Waals surface area contributed by atoms with Gasteiger partial charge < -0.3 is 10.5 Å². The molecule has 5 nitrogen and oxygen atoms in total. The quantitative estimate of drug-likeness (QED) is 0.816. The van der Waals surface area contributed by atoms with Crippen molar-refractivity contribution in [1.29, 1.82) is 0 Å². The molecule has 1 atom stereocenters. The summed E-state index contributed by atoms with van der Waals surface area (Å²) in [5.74, 6) is -0.0388. The number of nitrogens with two attached hydrogens (primary N) is 1. The van der Waals surface area contributed by atoms with Crippen LogP contribution in [0.15, 0.2) is 24.3 Å². The van der Waals surface area contributed by atoms with Crippen LogP contribution in [0.2, 0.25) is 0 Å². The number of nitrogen functional groups attached to an aromatic ring is 1. The number of benzene rings is 1. The lowest BCUT2D eigenvalue weighted by Gasteiger charge is -2.33. The lowest BCUT2D eigenvalue weighted by atomic mass is 9.97. The van der Waals surface area contributed by atoms with E-state index >= 15 is 0 Å². The molecule has 1 aliphatic rings. The predicted molar refractivity (Wildman–Crippen MR) is 75.1 cm³/mol. The van der Waals surface area contributed by atoms with E-state index in [2.05, 4.69) is 4.72 Å². The highest BCUT2D eigenvalue weighted by Gasteiger charge is 2.32. The number of sulfonamides is 1. The molecule has 0 spiro atoms. The van der Waals surface area contributed by atoms with Gasteiger partial charge in [0, 0.05) is 12.3 Å². The van der Waals surface area contributed by atoms with E-state index in [1.165, 1.54) is 0 Å². The summed E-state index contributed by atoms with van der Waals surface area (Å²) in [6.45, 7) is 3.01. The Hall–Kier alpha value is -1.11. The summed E-state index contributed by atoms with van der Waals surface area (Å²) in [5, 5.41) is 0. The molecule has 6 heteroatoms. The summed E-state index contributed by atoms with van der Waals surface area (Å²) < 4.78 is 32.4. The fraction of sp³-hybridized carbons (Fsp3) is 0.538. The van der Waals surface area contributed by atoms with Crippen LogP contribution in [-0.2, 0) is 20.5 Å². The fourth-order valence-corrected chi connectivity index (χ4v) is 3.87. The van der Waals surface area contributed by atoms with Crippen molar-refractivity contribution in [1.82, 2.24) is 4.72 Å². The number of rotatable bonds is 4. The van der Waals surface area contributed by atoms with Crippen LogP contribution in [-0.4, -0.2) is 27.2 Å². The summed E-state index contributed by atoms with van der Waals surface area (Å²) in [7, 11) is -3.38. The second kappa shape index (κ2) is 5.48. The second-order valence-electron chi connectivity index (χ2n) is 5.32. The molecule has 1 aromatic rings. The average molecular weight is 284 g/mol. The van der Waals surface area contributed by atoms with Crippen LogP contribution in [0.1, 0.15) is 25.3 Å². The van der Waals surface area contributed by atoms with Gasteiger partial charge in [0.05, 0.1) is 17.9 Å². The smallest absolute Gasteiger partial charge is 0.216 e. The van der Waals surface area contributed by atoms with Crippen molar-refractivity contribution in [3.63, 3.8) is 0 Å². The van der Waals surface area contributed by atoms with E-state index in [9.17, 15) is 8.42 Å². The molecule has 0 bridgehead atoms. The van der Waals surface area contributed by atoms with Gasteiger partial charge in [0.25, 0.3) is 0 Å². The van der Waals surface area contributed by atoms with Crippen LogP contribution >= 0.6 is 0 Å². The van der Waals surface area contributed by atoms with E-state index < -0.39 is 15.6 Å². The third-order valence-electron chi connectivity index (χ3n) is 3.18. The topological polar surface area (TPSA) is 81.4 Å². The third-order valence-corrected chi connectivity index (χ3v) is 4.69. The van der Waals surface area contributed by atoms with Gasteiger partial charge >= 0.3 is 0 Å². The monoisotopic (exact) mass is 284 g/mol. The number of hydrogen-bond acceptors (Lipinski definition) is 4. The fourth-order valence-electron chi connectivity index (χ4n) is 2.26. The Kier molecular flexibility index (Phi) is 4.13. The van der Waals surface area contributed by atoms with E-state index in [1.54, 1.807) is 24.3 Å². The Morgan fingerprint density at radius 1 is 1.37 bits per heavy atom. The molecule has 1 saturated heterocycles. The maximum atomic E-state index is 12.2. The molecule has 1 aromatic carbocycles. The molecule has 0 radical (unpaired) electrons. The van der Waals surface area contributed by atoms with Crippen molar-refractivity contribution in [3.8, 4) is 0 Å². The van der Waals surface area contributed by atoms with E-state index in [0.717, 1.165) is 18.4 Å². The van der Waals surface area contributed by atoms with Gasteiger partial charge in [0.15, 0.2) is 0 Å². The minimum absolute atomic E-state index is 0.0388. The summed E-state index contributed by atoms with van der Waals surface area (Å²) in [4.78, 5) is 0. The number of ether oxygens (including phenoxy) is 1. The molecular weight excluding hydrogens is 264 g/mol. The van der Waals surface area contributed by atoms with Crippen LogP contribution in [0.4, 0.5) is 5.69 Å². The molecule has 1 fully saturated rings. The second-order valence-corrected chi connectivity index (χ2v) is 7.04. The summed E-state index contributed by atoms with van der Waals surface area (Å²) >= 11 is 0. The summed E-state index contributed by atoms with van der Waals surface area (Å²) in [5.41, 5.74) is 6.43. The molecule has 2 rings (SSSR count). The molecule has 0 amide bonds. The molecule has 1 unspecified atom stereocenters. The van der Waals surface area contributed by atoms with Gasteiger partial charge in [-0.25, -0.2) is 13.1 Å². The minimum Gasteiger partial charge on any atom is -0.399 e. The number of nitrogens with one attached hydrogen (secondary N) is 1. The molecule has 1 aliphatic heterocycles. The highest BCUT2D eigenvalue weighted by molar-refractivity contribution is 7.88. The zero-order valence-corrected chi connectivity index (χ0v) is 11.9. The van der Waals surface area contributed by atoms with Crippen molar-refractivity contribution in [2.45, 2.75) is 31.1 Å². The highest BCUT2D eigenvalue weighted by atomic mass is 32.2. The molecule has 3 N–H and O–H groups in total. The average Bonchev–Trinajstić information content (AvgIpc) is 2.31. The highest BCUT2D eigenvalue weighted by Crippen LogP contribution is 2.20. The minimum atomic E-state index is -3.38. The summed E-state index contributed by atoms with van der Waals surface area (Å²) in [6.07, 6.45) is 1.68. The van der Waals surface area contributed by atoms with E-state index in [1.807, 2.05) is 6.92 Å². The van der Waals surface area contributed by atoms with Crippen LogP contribution in [0.5, 0.6) is 0 Å². The van der Waals surface area contributed by atoms with Crippen LogP contribution < -0.4 is 10.5 Å². The van der Waals surface area contributed by atoms with Gasteiger partial charge in [-0.15, -0.1) is 0 Å². The van der Waals surface area contributed by atoms with Gasteiger partial charge in [-0.05, 0) is 37.5 Å². The standard InChI is InChI=1S/C13H20N2O3S/c1-13(7-2-8-18-10-13)15-19(16,17)9-11-3-5-12(14)6-4-11/h3-6,15H,2,7-10,14H2,1H3. The first-order valence-electron chi connectivity index (χ1n) is 6.32. The van der Waals surface area contributed by atoms with Crippen molar-refractivity contribution in [2.75, 3.05) is 18.9 Å². The molecule has 0 saturated carbocycles. The molecule has 0 aliphatic carbocycles. The van der Waals surface area contributed by atoms with Crippen LogP contribution in [0.25, 0.3) is 0 Å². The normalized spacial score (nSPS) is 24.3. The van der Waals surface area contributed by atoms with Crippen molar-refractivity contribution < 1.29 is 13.2 Å². The van der Waals surface area contributed by atoms with Gasteiger partial charge in [-0.3, -0.25) is 0 Å². The Morgan fingerprint density at radius 2 is 2.05 bits per heavy atom. The Balaban J connectivity index is 2.04. The largest absolute Gasteiger partial charge is 0.399 e. The van der Waals surface area contributed by atoms with Crippen molar-refractivity contribution >= 4 is 15.7 Å². The maximum absolute atomic E-state index is 12.2. The lowest BCUT2D eigenvalue weighted by molar-refractivity contribution is 0.0386. The molecule has 19 heavy (non-hydrogen) atoms. The van der Waals surface area contributed by atoms with Crippen molar-refractivity contribution in [3.05, 3.63) is 29.8 Å². The molecule has 0 aromatic heterocycles.